The van der Waals surface area contributed by atoms with Crippen LogP contribution in [0.1, 0.15) is 103 Å². The first-order valence-corrected chi connectivity index (χ1v) is 37.4. The van der Waals surface area contributed by atoms with Crippen molar-refractivity contribution in [2.24, 2.45) is 0 Å². The number of halogens is 9. The van der Waals surface area contributed by atoms with E-state index in [1.54, 1.807) is 45.0 Å². The molecule has 12 aromatic rings. The SMILES string of the molecule is CCN(CC)CC.CCOC(=O)c1cn2nc[nH]c(=O)c2c1C.CC[N+](CC)(CC)Cc1cc(Br)n2ncnc(Cl)c12.Cc1c(C(=O)O)cn2nc[nH]c(=O)c12.Cc1ccn2nc[nH]c(=O)c12.Cc1ccn2ncnc(Cl)c12.Clc1ncnn2c(Br)cc(CBr)c12.O=P(Cl)(Cl)Cl. The van der Waals surface area contributed by atoms with Gasteiger partial charge in [0.05, 0.1) is 37.4 Å². The van der Waals surface area contributed by atoms with E-state index in [0.717, 1.165) is 78.4 Å². The minimum atomic E-state index is -3.22. The Kier molecular flexibility index (Phi) is 31.2. The van der Waals surface area contributed by atoms with Crippen LogP contribution in [0.3, 0.4) is 0 Å². The number of nitrogens with zero attached hydrogens (tertiary/aromatic N) is 17. The van der Waals surface area contributed by atoms with Crippen molar-refractivity contribution in [3.05, 3.63) is 187 Å². The number of quaternary nitrogens is 1. The van der Waals surface area contributed by atoms with Gasteiger partial charge in [-0.1, -0.05) is 71.5 Å². The molecule has 0 aliphatic heterocycles. The number of aromatic carboxylic acids is 1. The second-order valence-corrected chi connectivity index (χ2v) is 30.0. The zero-order valence-corrected chi connectivity index (χ0v) is 63.9. The van der Waals surface area contributed by atoms with Crippen molar-refractivity contribution in [2.75, 3.05) is 45.9 Å². The zero-order valence-electron chi connectivity index (χ0n) is 53.7. The zero-order chi connectivity index (χ0) is 71.4. The van der Waals surface area contributed by atoms with Crippen LogP contribution in [0, 0.1) is 27.7 Å². The number of H-pyrrole nitrogens is 3. The summed E-state index contributed by atoms with van der Waals surface area (Å²) < 4.78 is 26.7. The second kappa shape index (κ2) is 37.4. The highest BCUT2D eigenvalue weighted by molar-refractivity contribution is 9.10. The van der Waals surface area contributed by atoms with Crippen molar-refractivity contribution < 1.29 is 28.5 Å². The van der Waals surface area contributed by atoms with Gasteiger partial charge in [-0.25, -0.2) is 51.6 Å². The van der Waals surface area contributed by atoms with Gasteiger partial charge in [0.15, 0.2) is 15.5 Å². The normalized spacial score (nSPS) is 11.1. The molecule has 0 spiro atoms. The van der Waals surface area contributed by atoms with Crippen LogP contribution in [0.2, 0.25) is 15.5 Å². The fraction of sp³-hybridized carbons (Fsp3) is 0.345. The molecule has 4 N–H and O–H groups in total. The van der Waals surface area contributed by atoms with Crippen molar-refractivity contribution in [2.45, 2.75) is 88.0 Å². The van der Waals surface area contributed by atoms with Crippen LogP contribution in [0.25, 0.3) is 33.1 Å². The van der Waals surface area contributed by atoms with Gasteiger partial charge in [0.25, 0.3) is 16.7 Å². The van der Waals surface area contributed by atoms with Crippen molar-refractivity contribution in [3.63, 3.8) is 0 Å². The number of nitrogens with one attached hydrogen (secondary N) is 3. The summed E-state index contributed by atoms with van der Waals surface area (Å²) in [4.78, 5) is 77.9. The monoisotopic (exact) mass is 1650 g/mol. The van der Waals surface area contributed by atoms with Gasteiger partial charge in [-0.15, -0.1) is 0 Å². The molecule has 0 fully saturated rings. The van der Waals surface area contributed by atoms with E-state index < -0.39 is 17.1 Å². The van der Waals surface area contributed by atoms with E-state index in [2.05, 4.69) is 195 Å². The van der Waals surface area contributed by atoms with Gasteiger partial charge in [-0.05, 0) is 193 Å². The van der Waals surface area contributed by atoms with Crippen molar-refractivity contribution in [1.29, 1.82) is 0 Å². The number of rotatable bonds is 12. The van der Waals surface area contributed by atoms with E-state index in [9.17, 15) is 28.5 Å². The number of carbonyl (C=O) groups is 2. The lowest BCUT2D eigenvalue weighted by atomic mass is 10.2. The highest BCUT2D eigenvalue weighted by atomic mass is 79.9. The maximum absolute atomic E-state index is 11.6. The number of hydrogen-bond donors (Lipinski definition) is 4. The number of carboxylic acids is 1. The summed E-state index contributed by atoms with van der Waals surface area (Å²) in [5, 5.41) is 31.7. The van der Waals surface area contributed by atoms with E-state index in [4.69, 9.17) is 44.6 Å². The fourth-order valence-corrected chi connectivity index (χ4v) is 11.8. The van der Waals surface area contributed by atoms with Crippen LogP contribution in [-0.4, -0.2) is 160 Å². The molecule has 0 saturated heterocycles. The number of esters is 1. The quantitative estimate of drug-likeness (QED) is 0.0382. The lowest BCUT2D eigenvalue weighted by Crippen LogP contribution is -2.46. The summed E-state index contributed by atoms with van der Waals surface area (Å²) in [5.41, 5.74) is 8.94. The average molecular weight is 1660 g/mol. The van der Waals surface area contributed by atoms with Crippen molar-refractivity contribution >= 4 is 167 Å². The van der Waals surface area contributed by atoms with Gasteiger partial charge in [-0.2, -0.15) is 30.6 Å². The predicted molar refractivity (Wildman–Crippen MR) is 386 cm³/mol. The van der Waals surface area contributed by atoms with E-state index in [-0.39, 0.29) is 27.8 Å². The molecule has 0 unspecified atom stereocenters. The largest absolute Gasteiger partial charge is 0.478 e. The average Bonchev–Trinajstić information content (AvgIpc) is 1.65. The van der Waals surface area contributed by atoms with Gasteiger partial charge in [0.2, 0.25) is 0 Å². The number of fused-ring (bicyclic) bond motifs is 6. The molecule has 12 rings (SSSR count). The third kappa shape index (κ3) is 21.0. The van der Waals surface area contributed by atoms with E-state index in [1.165, 1.54) is 84.6 Å². The molecule has 0 aliphatic rings. The fourth-order valence-electron chi connectivity index (χ4n) is 9.48. The number of carboxylic acid groups (broad SMARTS) is 1. The maximum Gasteiger partial charge on any atom is 0.340 e. The van der Waals surface area contributed by atoms with Crippen LogP contribution < -0.4 is 16.7 Å². The summed E-state index contributed by atoms with van der Waals surface area (Å²) in [6.45, 7) is 30.3. The Labute approximate surface area is 603 Å². The third-order valence-corrected chi connectivity index (χ3v) is 17.3. The standard InChI is InChI=1S/C13H19BrClN4.C10H11N3O3.C8H7N3O3.C7H4Br2ClN3.C7H6ClN3.C7H7N3O.C6H15N.Cl3OP/c1-4-19(5-2,6-3)8-10-7-11(14)18-12(10)13(15)16-9-17-18;1-3-16-10(15)7-4-13-8(6(7)2)9(14)11-5-12-13;1-4-5(8(13)14)2-11-6(4)7(12)9-3-10-11;8-2-4-1-5(9)13-6(4)7(10)11-3-12-13;1-5-2-3-11-6(5)7(8)9-4-10-11;1-5-2-3-10-6(5)7(11)8-4-9-10;1-4-7(5-2)6-3;1-5(2,3)4/h7,9H,4-6,8H2,1-3H3;4-5H,3H2,1-2H3,(H,11,12,14);2-3H,1H3,(H,13,14)(H,9,10,12);1,3H,2H2;2-4H,1H3;2-4H,1H3,(H,8,9,11);4-6H2,1-3H3;/q+1;;;;;;;. The number of carbonyl (C=O) groups excluding carboxylic acids is 1. The van der Waals surface area contributed by atoms with Crippen LogP contribution >= 0.6 is 122 Å². The molecular weight excluding hydrogens is 1590 g/mol. The molecule has 28 nitrogen and oxygen atoms in total. The molecule has 0 amide bonds. The summed E-state index contributed by atoms with van der Waals surface area (Å²) in [6, 6.07) is 7.88. The van der Waals surface area contributed by atoms with Crippen LogP contribution in [-0.2, 0) is 21.2 Å². The summed E-state index contributed by atoms with van der Waals surface area (Å²) in [7, 11) is 0. The molecule has 0 bridgehead atoms. The molecule has 0 aliphatic carbocycles. The van der Waals surface area contributed by atoms with Gasteiger partial charge in [-0.3, -0.25) is 18.9 Å². The summed E-state index contributed by atoms with van der Waals surface area (Å²) in [5.74, 6) is -1.50. The van der Waals surface area contributed by atoms with Crippen LogP contribution in [0.4, 0.5) is 0 Å². The Morgan fingerprint density at radius 1 is 0.583 bits per heavy atom. The molecule has 96 heavy (non-hydrogen) atoms. The molecular formula is C58H69Br3Cl6N20O8P+. The first-order valence-electron chi connectivity index (χ1n) is 29.1. The number of hydrogen-bond acceptors (Lipinski definition) is 17. The Bertz CT molecular complexity index is 4800. The van der Waals surface area contributed by atoms with E-state index in [0.29, 0.717) is 49.8 Å². The topological polar surface area (TPSA) is 325 Å². The van der Waals surface area contributed by atoms with E-state index >= 15 is 0 Å². The molecule has 0 saturated carbocycles. The number of aryl methyl sites for hydroxylation is 4. The Hall–Kier alpha value is -6.61. The number of aromatic amines is 3. The van der Waals surface area contributed by atoms with Crippen LogP contribution in [0.15, 0.2) is 111 Å². The molecule has 12 aromatic heterocycles. The number of alkyl halides is 1. The Morgan fingerprint density at radius 2 is 0.969 bits per heavy atom. The van der Waals surface area contributed by atoms with Crippen molar-refractivity contribution in [3.8, 4) is 0 Å². The van der Waals surface area contributed by atoms with Gasteiger partial charge >= 0.3 is 17.1 Å². The third-order valence-electron chi connectivity index (χ3n) is 14.8. The molecule has 0 atom stereocenters. The number of ether oxygens (including phenoxy) is 1. The predicted octanol–water partition coefficient (Wildman–Crippen LogP) is 13.3. The molecule has 12 heterocycles. The highest BCUT2D eigenvalue weighted by Crippen LogP contribution is 2.61. The molecule has 38 heteroatoms. The summed E-state index contributed by atoms with van der Waals surface area (Å²) >= 11 is 42.2. The minimum absolute atomic E-state index is 0.0919. The first kappa shape index (κ1) is 80.1. The van der Waals surface area contributed by atoms with Crippen molar-refractivity contribution in [1.82, 2.24) is 92.5 Å². The smallest absolute Gasteiger partial charge is 0.340 e. The lowest BCUT2D eigenvalue weighted by Gasteiger charge is -2.35. The van der Waals surface area contributed by atoms with Crippen LogP contribution in [0.5, 0.6) is 0 Å². The van der Waals surface area contributed by atoms with E-state index in [1.807, 2.05) is 38.2 Å². The molecule has 0 aromatic carbocycles. The maximum atomic E-state index is 11.6. The van der Waals surface area contributed by atoms with Gasteiger partial charge < -0.3 is 34.2 Å². The number of aromatic nitrogens is 18. The lowest BCUT2D eigenvalue weighted by molar-refractivity contribution is -0.936. The Morgan fingerprint density at radius 3 is 1.36 bits per heavy atom. The second-order valence-electron chi connectivity index (χ2n) is 20.1. The first-order chi connectivity index (χ1) is 45.5. The highest BCUT2D eigenvalue weighted by Gasteiger charge is 2.26. The minimum Gasteiger partial charge on any atom is -0.478 e. The molecule has 0 radical (unpaired) electrons. The Balaban J connectivity index is 0.000000203. The summed E-state index contributed by atoms with van der Waals surface area (Å²) in [6.07, 6.45) is 14.7. The van der Waals surface area contributed by atoms with Gasteiger partial charge in [0, 0.05) is 35.7 Å². The molecule has 516 valence electrons. The van der Waals surface area contributed by atoms with Gasteiger partial charge in [0.1, 0.15) is 86.8 Å².